The van der Waals surface area contributed by atoms with Crippen LogP contribution in [-0.4, -0.2) is 15.1 Å². The van der Waals surface area contributed by atoms with Gasteiger partial charge in [0.05, 0.1) is 34.0 Å². The monoisotopic (exact) mass is 626 g/mol. The maximum Gasteiger partial charge on any atom is 0.178 e. The van der Waals surface area contributed by atoms with Crippen molar-refractivity contribution in [3.8, 4) is 16.8 Å². The van der Waals surface area contributed by atoms with Crippen molar-refractivity contribution in [2.45, 2.75) is 0 Å². The SMILES string of the molecule is C1=CC2=C(c3ccccc3)c3ccc4c(-c5ccccc5)c5ccc([n+]-5[cH-]n34)C(c3ccccc3)=c3ccc([nH]3)=C(c3ccccc3)C1=N2. The smallest absolute Gasteiger partial charge is 0.178 e. The fourth-order valence-corrected chi connectivity index (χ4v) is 7.56. The van der Waals surface area contributed by atoms with Gasteiger partial charge in [-0.15, -0.1) is 0 Å². The van der Waals surface area contributed by atoms with Gasteiger partial charge in [0.1, 0.15) is 0 Å². The molecule has 4 aromatic carbocycles. The second kappa shape index (κ2) is 11.0. The number of aromatic nitrogens is 3. The maximum absolute atomic E-state index is 5.42. The largest absolute Gasteiger partial charge is 0.355 e. The lowest BCUT2D eigenvalue weighted by Crippen LogP contribution is -2.37. The van der Waals surface area contributed by atoms with E-state index in [1.165, 1.54) is 11.1 Å². The molecule has 49 heavy (non-hydrogen) atoms. The zero-order valence-corrected chi connectivity index (χ0v) is 26.6. The van der Waals surface area contributed by atoms with E-state index >= 15 is 0 Å². The first-order valence-corrected chi connectivity index (χ1v) is 16.6. The summed E-state index contributed by atoms with van der Waals surface area (Å²) in [7, 11) is 0. The van der Waals surface area contributed by atoms with Gasteiger partial charge in [0, 0.05) is 33.0 Å². The number of aromatic amines is 1. The fraction of sp³-hybridized carbons (Fsp3) is 0. The van der Waals surface area contributed by atoms with Gasteiger partial charge >= 0.3 is 0 Å². The van der Waals surface area contributed by atoms with E-state index in [1.54, 1.807) is 0 Å². The second-order valence-corrected chi connectivity index (χ2v) is 12.5. The van der Waals surface area contributed by atoms with Crippen molar-refractivity contribution in [1.29, 1.82) is 0 Å². The van der Waals surface area contributed by atoms with Crippen LogP contribution >= 0.6 is 0 Å². The van der Waals surface area contributed by atoms with E-state index in [-0.39, 0.29) is 0 Å². The Kier molecular flexibility index (Phi) is 6.15. The topological polar surface area (TPSA) is 36.4 Å². The number of nitrogens with one attached hydrogen (secondary N) is 1. The minimum atomic E-state index is 0.929. The zero-order chi connectivity index (χ0) is 32.3. The Morgan fingerprint density at radius 3 is 1.73 bits per heavy atom. The van der Waals surface area contributed by atoms with Gasteiger partial charge in [0.15, 0.2) is 6.33 Å². The molecule has 10 rings (SSSR count). The molecule has 0 fully saturated rings. The summed E-state index contributed by atoms with van der Waals surface area (Å²) in [6, 6.07) is 56.1. The quantitative estimate of drug-likeness (QED) is 0.154. The third kappa shape index (κ3) is 4.35. The van der Waals surface area contributed by atoms with Crippen LogP contribution in [0.3, 0.4) is 0 Å². The van der Waals surface area contributed by atoms with Crippen LogP contribution in [0.4, 0.5) is 0 Å². The van der Waals surface area contributed by atoms with Crippen LogP contribution in [0.5, 0.6) is 0 Å². The van der Waals surface area contributed by atoms with Crippen molar-refractivity contribution in [2.75, 3.05) is 0 Å². The number of nitrogens with zero attached hydrogens (tertiary/aromatic N) is 3. The molecular weight excluding hydrogens is 597 g/mol. The van der Waals surface area contributed by atoms with E-state index < -0.39 is 0 Å². The number of hydrogen-bond donors (Lipinski definition) is 1. The number of allylic oxidation sites excluding steroid dienone is 2. The number of H-pyrrole nitrogens is 1. The normalized spacial score (nSPS) is 14.0. The summed E-state index contributed by atoms with van der Waals surface area (Å²) in [5.41, 5.74) is 15.4. The summed E-state index contributed by atoms with van der Waals surface area (Å²) in [5, 5.41) is 2.07. The molecule has 6 heterocycles. The van der Waals surface area contributed by atoms with Crippen LogP contribution in [0, 0.1) is 0 Å². The Bertz CT molecular complexity index is 2720. The number of aliphatic imine (C=N–C) groups is 1. The number of fused-ring (bicyclic) bond motifs is 3. The standard InChI is InChI=1S/C45H30N4/c1-5-13-30(14-6-1)42-34-21-23-36(46-34)43(31-15-7-2-8-16-31)38-25-27-40-45(33-19-11-4-12-20-33)41-28-26-39(49(41)29-48(38)40)44(32-17-9-3-10-18-32)37-24-22-35(42)47-37/h1-29,46H. The highest BCUT2D eigenvalue weighted by Crippen LogP contribution is 2.37. The lowest BCUT2D eigenvalue weighted by molar-refractivity contribution is -0.598. The van der Waals surface area contributed by atoms with E-state index in [0.29, 0.717) is 0 Å². The van der Waals surface area contributed by atoms with Crippen LogP contribution in [-0.2, 0) is 0 Å². The molecule has 4 heteroatoms. The third-order valence-electron chi connectivity index (χ3n) is 9.72. The summed E-state index contributed by atoms with van der Waals surface area (Å²) >= 11 is 0. The van der Waals surface area contributed by atoms with Gasteiger partial charge in [0.25, 0.3) is 0 Å². The molecule has 4 aliphatic rings. The predicted molar refractivity (Wildman–Crippen MR) is 197 cm³/mol. The van der Waals surface area contributed by atoms with E-state index in [4.69, 9.17) is 4.99 Å². The maximum atomic E-state index is 5.42. The highest BCUT2D eigenvalue weighted by Gasteiger charge is 2.25. The van der Waals surface area contributed by atoms with Crippen LogP contribution in [0.1, 0.15) is 28.1 Å². The van der Waals surface area contributed by atoms with Crippen molar-refractivity contribution < 1.29 is 4.57 Å². The lowest BCUT2D eigenvalue weighted by atomic mass is 10.0. The van der Waals surface area contributed by atoms with E-state index in [0.717, 1.165) is 78.1 Å². The predicted octanol–water partition coefficient (Wildman–Crippen LogP) is 7.60. The van der Waals surface area contributed by atoms with Crippen LogP contribution in [0.2, 0.25) is 0 Å². The fourth-order valence-electron chi connectivity index (χ4n) is 7.56. The van der Waals surface area contributed by atoms with Crippen molar-refractivity contribution in [3.05, 3.63) is 221 Å². The zero-order valence-electron chi connectivity index (χ0n) is 26.6. The van der Waals surface area contributed by atoms with Crippen molar-refractivity contribution in [1.82, 2.24) is 9.38 Å². The Morgan fingerprint density at radius 2 is 1.08 bits per heavy atom. The molecule has 0 amide bonds. The van der Waals surface area contributed by atoms with E-state index in [2.05, 4.69) is 190 Å². The summed E-state index contributed by atoms with van der Waals surface area (Å²) in [4.78, 5) is 9.28. The van der Waals surface area contributed by atoms with E-state index in [9.17, 15) is 0 Å². The van der Waals surface area contributed by atoms with Gasteiger partial charge in [-0.2, -0.15) is 0 Å². The van der Waals surface area contributed by atoms with Gasteiger partial charge in [-0.1, -0.05) is 146 Å². The molecule has 0 radical (unpaired) electrons. The number of hydrogen-bond acceptors (Lipinski definition) is 1. The molecule has 0 unspecified atom stereocenters. The molecule has 0 saturated heterocycles. The average molecular weight is 627 g/mol. The van der Waals surface area contributed by atoms with Gasteiger partial charge < -0.3 is 4.98 Å². The van der Waals surface area contributed by atoms with Crippen LogP contribution < -0.4 is 15.3 Å². The molecule has 0 atom stereocenters. The van der Waals surface area contributed by atoms with Gasteiger partial charge in [-0.05, 0) is 46.5 Å². The summed E-state index contributed by atoms with van der Waals surface area (Å²) in [6.45, 7) is 0. The Balaban J connectivity index is 1.42. The van der Waals surface area contributed by atoms with Gasteiger partial charge in [-0.25, -0.2) is 4.99 Å². The summed E-state index contributed by atoms with van der Waals surface area (Å²) < 4.78 is 4.72. The molecule has 230 valence electrons. The molecule has 0 aliphatic carbocycles. The Hall–Kier alpha value is -6.65. The van der Waals surface area contributed by atoms with Crippen LogP contribution in [0.25, 0.3) is 39.1 Å². The third-order valence-corrected chi connectivity index (χ3v) is 9.72. The molecule has 4 aliphatic heterocycles. The highest BCUT2D eigenvalue weighted by molar-refractivity contribution is 6.30. The first kappa shape index (κ1) is 27.5. The molecule has 1 N–H and O–H groups in total. The first-order chi connectivity index (χ1) is 24.3. The van der Waals surface area contributed by atoms with Crippen LogP contribution in [0.15, 0.2) is 187 Å². The number of benzene rings is 4. The molecule has 0 saturated carbocycles. The van der Waals surface area contributed by atoms with Gasteiger partial charge in [0.2, 0.25) is 0 Å². The molecular formula is C45H30N4. The van der Waals surface area contributed by atoms with Gasteiger partial charge in [-0.3, -0.25) is 8.97 Å². The highest BCUT2D eigenvalue weighted by atomic mass is 15.1. The van der Waals surface area contributed by atoms with Crippen molar-refractivity contribution >= 4 is 27.9 Å². The summed E-state index contributed by atoms with van der Waals surface area (Å²) in [6.07, 6.45) is 6.59. The second-order valence-electron chi connectivity index (χ2n) is 12.5. The summed E-state index contributed by atoms with van der Waals surface area (Å²) in [5.74, 6) is 0. The molecule has 0 spiro atoms. The Morgan fingerprint density at radius 1 is 0.510 bits per heavy atom. The molecule has 2 aromatic heterocycles. The molecule has 6 aromatic rings. The first-order valence-electron chi connectivity index (χ1n) is 16.6. The molecule has 6 bridgehead atoms. The minimum Gasteiger partial charge on any atom is -0.355 e. The molecule has 4 nitrogen and oxygen atoms in total. The Labute approximate surface area is 283 Å². The minimum absolute atomic E-state index is 0.929. The lowest BCUT2D eigenvalue weighted by Gasteiger charge is -2.19. The van der Waals surface area contributed by atoms with Crippen molar-refractivity contribution in [3.63, 3.8) is 0 Å². The average Bonchev–Trinajstić information content (AvgIpc) is 3.99. The van der Waals surface area contributed by atoms with Crippen molar-refractivity contribution in [2.24, 2.45) is 4.99 Å². The number of rotatable bonds is 4. The van der Waals surface area contributed by atoms with E-state index in [1.807, 2.05) is 0 Å².